The number of likely N-dealkylation sites (tertiary alicyclic amines) is 2. The van der Waals surface area contributed by atoms with Crippen LogP contribution < -0.4 is 16.3 Å². The molecule has 1 unspecified atom stereocenters. The van der Waals surface area contributed by atoms with Crippen molar-refractivity contribution in [3.05, 3.63) is 130 Å². The van der Waals surface area contributed by atoms with Gasteiger partial charge in [-0.05, 0) is 123 Å². The quantitative estimate of drug-likeness (QED) is 0.133. The zero-order chi connectivity index (χ0) is 42.0. The van der Waals surface area contributed by atoms with Gasteiger partial charge in [-0.3, -0.25) is 28.8 Å². The first-order chi connectivity index (χ1) is 29.7. The van der Waals surface area contributed by atoms with Crippen molar-refractivity contribution in [2.75, 3.05) is 38.0 Å². The molecular formula is C48H49ClN8O4. The predicted molar refractivity (Wildman–Crippen MR) is 238 cm³/mol. The first-order valence-corrected chi connectivity index (χ1v) is 21.7. The maximum absolute atomic E-state index is 13.7. The maximum atomic E-state index is 13.7. The van der Waals surface area contributed by atoms with E-state index >= 15 is 0 Å². The van der Waals surface area contributed by atoms with E-state index in [1.54, 1.807) is 22.4 Å². The molecule has 312 valence electrons. The number of fused-ring (bicyclic) bond motifs is 1. The summed E-state index contributed by atoms with van der Waals surface area (Å²) in [5.74, 6) is 0.697. The number of benzene rings is 4. The lowest BCUT2D eigenvalue weighted by molar-refractivity contribution is -0.135. The predicted octanol–water partition coefficient (Wildman–Crippen LogP) is 7.96. The summed E-state index contributed by atoms with van der Waals surface area (Å²) in [5, 5.41) is 6.13. The van der Waals surface area contributed by atoms with Gasteiger partial charge in [0.05, 0.1) is 27.9 Å². The molecule has 1 atom stereocenters. The molecule has 13 heteroatoms. The molecule has 61 heavy (non-hydrogen) atoms. The number of aryl methyl sites for hydroxylation is 1. The molecule has 12 nitrogen and oxygen atoms in total. The highest BCUT2D eigenvalue weighted by atomic mass is 35.5. The number of nitrogens with one attached hydrogen (secondary N) is 2. The molecule has 0 spiro atoms. The van der Waals surface area contributed by atoms with Gasteiger partial charge in [0.25, 0.3) is 5.91 Å². The van der Waals surface area contributed by atoms with E-state index in [0.29, 0.717) is 40.5 Å². The molecule has 2 aromatic heterocycles. The van der Waals surface area contributed by atoms with Crippen LogP contribution in [-0.4, -0.2) is 79.3 Å². The van der Waals surface area contributed by atoms with Gasteiger partial charge in [0, 0.05) is 43.4 Å². The first kappa shape index (κ1) is 40.3. The number of piperidine rings is 3. The van der Waals surface area contributed by atoms with Crippen LogP contribution in [0.4, 0.5) is 11.6 Å². The van der Waals surface area contributed by atoms with Crippen molar-refractivity contribution in [3.8, 4) is 22.4 Å². The Morgan fingerprint density at radius 1 is 0.803 bits per heavy atom. The van der Waals surface area contributed by atoms with E-state index in [1.807, 2.05) is 65.6 Å². The van der Waals surface area contributed by atoms with Gasteiger partial charge >= 0.3 is 5.69 Å². The Balaban J connectivity index is 0.755. The summed E-state index contributed by atoms with van der Waals surface area (Å²) in [5.41, 5.74) is 7.56. The molecule has 5 heterocycles. The Kier molecular flexibility index (Phi) is 11.5. The largest absolute Gasteiger partial charge is 0.339 e. The van der Waals surface area contributed by atoms with Crippen molar-refractivity contribution in [1.29, 1.82) is 0 Å². The fraction of sp³-hybridized carbons (Fsp3) is 0.333. The van der Waals surface area contributed by atoms with Crippen molar-refractivity contribution in [2.45, 2.75) is 56.9 Å². The molecule has 3 fully saturated rings. The zero-order valence-electron chi connectivity index (χ0n) is 34.2. The van der Waals surface area contributed by atoms with E-state index in [1.165, 1.54) is 5.56 Å². The van der Waals surface area contributed by atoms with Crippen LogP contribution in [0.1, 0.15) is 72.8 Å². The number of hydrogen-bond donors (Lipinski definition) is 2. The second-order valence-electron chi connectivity index (χ2n) is 16.6. The number of anilines is 2. The number of amides is 3. The Labute approximate surface area is 359 Å². The number of imide groups is 1. The minimum atomic E-state index is -0.682. The average Bonchev–Trinajstić information content (AvgIpc) is 3.54. The van der Waals surface area contributed by atoms with Crippen LogP contribution in [0.2, 0.25) is 5.02 Å². The third-order valence-corrected chi connectivity index (χ3v) is 13.1. The summed E-state index contributed by atoms with van der Waals surface area (Å²) in [4.78, 5) is 65.0. The van der Waals surface area contributed by atoms with E-state index in [-0.39, 0.29) is 23.9 Å². The highest BCUT2D eigenvalue weighted by molar-refractivity contribution is 6.33. The lowest BCUT2D eigenvalue weighted by Gasteiger charge is -2.35. The molecule has 3 saturated heterocycles. The van der Waals surface area contributed by atoms with Crippen molar-refractivity contribution in [2.24, 2.45) is 13.0 Å². The number of rotatable bonds is 10. The number of carbonyl (C=O) groups is 3. The van der Waals surface area contributed by atoms with Crippen LogP contribution in [0.3, 0.4) is 0 Å². The van der Waals surface area contributed by atoms with E-state index in [4.69, 9.17) is 16.6 Å². The minimum Gasteiger partial charge on any atom is -0.339 e. The minimum absolute atomic E-state index is 0.0328. The molecule has 0 aliphatic carbocycles. The van der Waals surface area contributed by atoms with E-state index in [9.17, 15) is 19.2 Å². The van der Waals surface area contributed by atoms with E-state index < -0.39 is 11.9 Å². The Morgan fingerprint density at radius 3 is 2.34 bits per heavy atom. The van der Waals surface area contributed by atoms with Gasteiger partial charge in [-0.2, -0.15) is 0 Å². The first-order valence-electron chi connectivity index (χ1n) is 21.3. The van der Waals surface area contributed by atoms with Crippen LogP contribution >= 0.6 is 11.6 Å². The van der Waals surface area contributed by atoms with Gasteiger partial charge in [-0.1, -0.05) is 72.3 Å². The summed E-state index contributed by atoms with van der Waals surface area (Å²) in [6.07, 6.45) is 7.33. The van der Waals surface area contributed by atoms with Gasteiger partial charge in [-0.25, -0.2) is 14.8 Å². The monoisotopic (exact) mass is 836 g/mol. The number of carbonyl (C=O) groups excluding carboxylic acids is 3. The van der Waals surface area contributed by atoms with Crippen LogP contribution in [0.25, 0.3) is 33.4 Å². The Bertz CT molecular complexity index is 2660. The summed E-state index contributed by atoms with van der Waals surface area (Å²) in [6, 6.07) is 31.3. The molecule has 3 aliphatic heterocycles. The summed E-state index contributed by atoms with van der Waals surface area (Å²) >= 11 is 6.60. The number of halogens is 1. The molecule has 3 amide bonds. The highest BCUT2D eigenvalue weighted by Gasteiger charge is 2.32. The standard InChI is InChI=1S/C48H49ClN8O4/c1-54-42-29-35(13-14-40(42)57(48(54)61)41-15-16-43(58)52-45(41)59)33-20-23-55(24-21-33)22-17-31-18-25-56(26-19-31)46(60)37-11-6-12-38(28-37)51-47-50-30-39(49)44(53-47)36-10-5-9-34(27-36)32-7-3-2-4-8-32/h2-14,27-31,33,41H,15-26H2,1H3,(H,50,51,53)(H,52,58,59). The van der Waals surface area contributed by atoms with Crippen LogP contribution in [0.15, 0.2) is 108 Å². The molecule has 0 saturated carbocycles. The number of hydrogen-bond acceptors (Lipinski definition) is 8. The molecule has 0 radical (unpaired) electrons. The smallest absolute Gasteiger partial charge is 0.329 e. The number of nitrogens with zero attached hydrogens (tertiary/aromatic N) is 6. The Morgan fingerprint density at radius 2 is 1.56 bits per heavy atom. The maximum Gasteiger partial charge on any atom is 0.329 e. The van der Waals surface area contributed by atoms with Crippen LogP contribution in [0, 0.1) is 5.92 Å². The zero-order valence-corrected chi connectivity index (χ0v) is 35.0. The average molecular weight is 837 g/mol. The molecule has 9 rings (SSSR count). The van der Waals surface area contributed by atoms with Gasteiger partial charge in [0.15, 0.2) is 0 Å². The lowest BCUT2D eigenvalue weighted by atomic mass is 9.88. The molecule has 3 aliphatic rings. The number of aromatic nitrogens is 4. The highest BCUT2D eigenvalue weighted by Crippen LogP contribution is 2.34. The summed E-state index contributed by atoms with van der Waals surface area (Å²) in [7, 11) is 1.75. The SMILES string of the molecule is Cn1c(=O)n(C2CCC(=O)NC2=O)c2ccc(C3CCN(CCC4CCN(C(=O)c5cccc(Nc6ncc(Cl)c(-c7cccc(-c8ccccc8)c7)n6)c5)CC4)CC3)cc21. The lowest BCUT2D eigenvalue weighted by Crippen LogP contribution is -2.44. The third-order valence-electron chi connectivity index (χ3n) is 12.8. The third kappa shape index (κ3) is 8.60. The number of imidazole rings is 1. The van der Waals surface area contributed by atoms with Crippen LogP contribution in [0.5, 0.6) is 0 Å². The summed E-state index contributed by atoms with van der Waals surface area (Å²) < 4.78 is 3.16. The van der Waals surface area contributed by atoms with Gasteiger partial charge < -0.3 is 15.1 Å². The molecular weight excluding hydrogens is 788 g/mol. The van der Waals surface area contributed by atoms with Crippen LogP contribution in [-0.2, 0) is 16.6 Å². The molecule has 4 aromatic carbocycles. The Hall–Kier alpha value is -6.11. The second kappa shape index (κ2) is 17.5. The van der Waals surface area contributed by atoms with Crippen molar-refractivity contribution in [1.82, 2.24) is 34.2 Å². The molecule has 2 N–H and O–H groups in total. The second-order valence-corrected chi connectivity index (χ2v) is 17.0. The molecule has 6 aromatic rings. The summed E-state index contributed by atoms with van der Waals surface area (Å²) in [6.45, 7) is 4.57. The van der Waals surface area contributed by atoms with E-state index in [2.05, 4.69) is 56.9 Å². The fourth-order valence-electron chi connectivity index (χ4n) is 9.29. The van der Waals surface area contributed by atoms with Crippen molar-refractivity contribution < 1.29 is 14.4 Å². The van der Waals surface area contributed by atoms with Crippen molar-refractivity contribution in [3.63, 3.8) is 0 Å². The fourth-order valence-corrected chi connectivity index (χ4v) is 9.49. The topological polar surface area (TPSA) is 134 Å². The van der Waals surface area contributed by atoms with Crippen molar-refractivity contribution >= 4 is 52.0 Å². The van der Waals surface area contributed by atoms with Gasteiger partial charge in [0.2, 0.25) is 17.8 Å². The van der Waals surface area contributed by atoms with E-state index in [0.717, 1.165) is 98.2 Å². The normalized spacial score (nSPS) is 18.1. The van der Waals surface area contributed by atoms with Gasteiger partial charge in [0.1, 0.15) is 6.04 Å². The van der Waals surface area contributed by atoms with Gasteiger partial charge in [-0.15, -0.1) is 0 Å². The molecule has 0 bridgehead atoms.